The molecule has 1 saturated carbocycles. The van der Waals surface area contributed by atoms with E-state index in [1.165, 1.54) is 0 Å². The number of carboxylic acids is 1. The summed E-state index contributed by atoms with van der Waals surface area (Å²) in [6.45, 7) is 3.73. The summed E-state index contributed by atoms with van der Waals surface area (Å²) >= 11 is 0. The third-order valence-corrected chi connectivity index (χ3v) is 3.96. The van der Waals surface area contributed by atoms with Crippen molar-refractivity contribution in [1.29, 1.82) is 0 Å². The molecule has 0 heterocycles. The number of aliphatic carboxylic acids is 1. The van der Waals surface area contributed by atoms with Gasteiger partial charge >= 0.3 is 5.97 Å². The van der Waals surface area contributed by atoms with E-state index in [9.17, 15) is 9.59 Å². The first-order chi connectivity index (χ1) is 8.40. The molecule has 4 N–H and O–H groups in total. The molecular formula is C13H24N2O3. The third kappa shape index (κ3) is 3.45. The SMILES string of the molecule is CC[C@H](C)[C@H](NC(=O)C1(N)CCCCC1)C(=O)O. The number of carboxylic acid groups (broad SMARTS) is 1. The molecule has 1 amide bonds. The van der Waals surface area contributed by atoms with E-state index >= 15 is 0 Å². The molecule has 0 aliphatic heterocycles. The lowest BCUT2D eigenvalue weighted by molar-refractivity contribution is -0.144. The molecule has 0 unspecified atom stereocenters. The summed E-state index contributed by atoms with van der Waals surface area (Å²) < 4.78 is 0. The fourth-order valence-electron chi connectivity index (χ4n) is 2.38. The molecule has 5 heteroatoms. The molecule has 0 saturated heterocycles. The van der Waals surface area contributed by atoms with E-state index in [0.717, 1.165) is 19.3 Å². The Balaban J connectivity index is 2.68. The van der Waals surface area contributed by atoms with Gasteiger partial charge in [-0.25, -0.2) is 4.79 Å². The van der Waals surface area contributed by atoms with Gasteiger partial charge in [-0.05, 0) is 18.8 Å². The van der Waals surface area contributed by atoms with Gasteiger partial charge in [-0.1, -0.05) is 39.5 Å². The lowest BCUT2D eigenvalue weighted by Gasteiger charge is -2.33. The largest absolute Gasteiger partial charge is 0.480 e. The molecular weight excluding hydrogens is 232 g/mol. The molecule has 0 radical (unpaired) electrons. The van der Waals surface area contributed by atoms with Gasteiger partial charge in [0.2, 0.25) is 5.91 Å². The highest BCUT2D eigenvalue weighted by molar-refractivity contribution is 5.90. The zero-order valence-corrected chi connectivity index (χ0v) is 11.2. The molecule has 0 bridgehead atoms. The second-order valence-corrected chi connectivity index (χ2v) is 5.39. The highest BCUT2D eigenvalue weighted by atomic mass is 16.4. The monoisotopic (exact) mass is 256 g/mol. The normalized spacial score (nSPS) is 21.9. The average molecular weight is 256 g/mol. The Kier molecular flexibility index (Phi) is 5.14. The Morgan fingerprint density at radius 3 is 2.33 bits per heavy atom. The highest BCUT2D eigenvalue weighted by Crippen LogP contribution is 2.26. The van der Waals surface area contributed by atoms with Crippen LogP contribution in [0.15, 0.2) is 0 Å². The smallest absolute Gasteiger partial charge is 0.326 e. The maximum atomic E-state index is 12.2. The van der Waals surface area contributed by atoms with E-state index in [0.29, 0.717) is 19.3 Å². The summed E-state index contributed by atoms with van der Waals surface area (Å²) in [6, 6.07) is -0.843. The highest BCUT2D eigenvalue weighted by Gasteiger charge is 2.38. The van der Waals surface area contributed by atoms with E-state index < -0.39 is 17.6 Å². The number of carbonyl (C=O) groups excluding carboxylic acids is 1. The molecule has 5 nitrogen and oxygen atoms in total. The van der Waals surface area contributed by atoms with Crippen molar-refractivity contribution in [3.8, 4) is 0 Å². The van der Waals surface area contributed by atoms with Crippen molar-refractivity contribution in [2.24, 2.45) is 11.7 Å². The molecule has 0 aromatic heterocycles. The predicted octanol–water partition coefficient (Wildman–Crippen LogP) is 1.26. The summed E-state index contributed by atoms with van der Waals surface area (Å²) in [5.74, 6) is -1.40. The molecule has 0 aromatic rings. The van der Waals surface area contributed by atoms with Crippen LogP contribution in [0, 0.1) is 5.92 Å². The number of nitrogens with one attached hydrogen (secondary N) is 1. The van der Waals surface area contributed by atoms with Gasteiger partial charge < -0.3 is 16.2 Å². The minimum Gasteiger partial charge on any atom is -0.480 e. The maximum Gasteiger partial charge on any atom is 0.326 e. The standard InChI is InChI=1S/C13H24N2O3/c1-3-9(2)10(11(16)17)15-12(18)13(14)7-5-4-6-8-13/h9-10H,3-8,14H2,1-2H3,(H,15,18)(H,16,17)/t9-,10-/m0/s1. The second kappa shape index (κ2) is 6.18. The van der Waals surface area contributed by atoms with Crippen LogP contribution >= 0.6 is 0 Å². The van der Waals surface area contributed by atoms with Crippen LogP contribution in [-0.2, 0) is 9.59 Å². The first kappa shape index (κ1) is 15.0. The van der Waals surface area contributed by atoms with Gasteiger partial charge in [-0.2, -0.15) is 0 Å². The molecule has 1 fully saturated rings. The van der Waals surface area contributed by atoms with Crippen LogP contribution < -0.4 is 11.1 Å². The Morgan fingerprint density at radius 2 is 1.89 bits per heavy atom. The Labute approximate surface area is 108 Å². The van der Waals surface area contributed by atoms with E-state index in [4.69, 9.17) is 10.8 Å². The molecule has 2 atom stereocenters. The Bertz CT molecular complexity index is 311. The van der Waals surface area contributed by atoms with E-state index in [-0.39, 0.29) is 11.8 Å². The van der Waals surface area contributed by atoms with Crippen molar-refractivity contribution >= 4 is 11.9 Å². The Hall–Kier alpha value is -1.10. The van der Waals surface area contributed by atoms with Crippen molar-refractivity contribution in [3.63, 3.8) is 0 Å². The fraction of sp³-hybridized carbons (Fsp3) is 0.846. The van der Waals surface area contributed by atoms with Crippen LogP contribution in [0.3, 0.4) is 0 Å². The summed E-state index contributed by atoms with van der Waals surface area (Å²) in [4.78, 5) is 23.3. The van der Waals surface area contributed by atoms with Crippen LogP contribution in [0.4, 0.5) is 0 Å². The van der Waals surface area contributed by atoms with Gasteiger partial charge in [0, 0.05) is 0 Å². The van der Waals surface area contributed by atoms with E-state index in [2.05, 4.69) is 5.32 Å². The van der Waals surface area contributed by atoms with Crippen molar-refractivity contribution in [2.75, 3.05) is 0 Å². The van der Waals surface area contributed by atoms with Gasteiger partial charge in [-0.15, -0.1) is 0 Å². The molecule has 1 aliphatic carbocycles. The fourth-order valence-corrected chi connectivity index (χ4v) is 2.38. The van der Waals surface area contributed by atoms with Gasteiger partial charge in [0.05, 0.1) is 5.54 Å². The zero-order chi connectivity index (χ0) is 13.8. The quantitative estimate of drug-likeness (QED) is 0.690. The van der Waals surface area contributed by atoms with Crippen LogP contribution in [0.1, 0.15) is 52.4 Å². The summed E-state index contributed by atoms with van der Waals surface area (Å²) in [5, 5.41) is 11.8. The van der Waals surface area contributed by atoms with E-state index in [1.807, 2.05) is 13.8 Å². The van der Waals surface area contributed by atoms with Crippen molar-refractivity contribution in [3.05, 3.63) is 0 Å². The van der Waals surface area contributed by atoms with Crippen molar-refractivity contribution in [2.45, 2.75) is 64.0 Å². The number of carbonyl (C=O) groups is 2. The molecule has 0 aromatic carbocycles. The molecule has 1 aliphatic rings. The Morgan fingerprint density at radius 1 is 1.33 bits per heavy atom. The molecule has 1 rings (SSSR count). The van der Waals surface area contributed by atoms with Crippen molar-refractivity contribution < 1.29 is 14.7 Å². The van der Waals surface area contributed by atoms with Crippen LogP contribution in [-0.4, -0.2) is 28.6 Å². The first-order valence-corrected chi connectivity index (χ1v) is 6.73. The molecule has 18 heavy (non-hydrogen) atoms. The van der Waals surface area contributed by atoms with Crippen LogP contribution in [0.2, 0.25) is 0 Å². The zero-order valence-electron chi connectivity index (χ0n) is 11.2. The number of nitrogens with two attached hydrogens (primary N) is 1. The third-order valence-electron chi connectivity index (χ3n) is 3.96. The summed E-state index contributed by atoms with van der Waals surface area (Å²) in [7, 11) is 0. The summed E-state index contributed by atoms with van der Waals surface area (Å²) in [5.41, 5.74) is 5.21. The lowest BCUT2D eigenvalue weighted by atomic mass is 9.81. The van der Waals surface area contributed by atoms with Crippen LogP contribution in [0.5, 0.6) is 0 Å². The van der Waals surface area contributed by atoms with Gasteiger partial charge in [0.15, 0.2) is 0 Å². The number of rotatable bonds is 5. The number of amides is 1. The number of hydrogen-bond donors (Lipinski definition) is 3. The second-order valence-electron chi connectivity index (χ2n) is 5.39. The maximum absolute atomic E-state index is 12.2. The summed E-state index contributed by atoms with van der Waals surface area (Å²) in [6.07, 6.45) is 4.96. The lowest BCUT2D eigenvalue weighted by Crippen LogP contribution is -2.59. The molecule has 104 valence electrons. The topological polar surface area (TPSA) is 92.4 Å². The average Bonchev–Trinajstić information content (AvgIpc) is 2.35. The van der Waals surface area contributed by atoms with E-state index in [1.54, 1.807) is 0 Å². The minimum atomic E-state index is -0.989. The number of hydrogen-bond acceptors (Lipinski definition) is 3. The van der Waals surface area contributed by atoms with Crippen molar-refractivity contribution in [1.82, 2.24) is 5.32 Å². The molecule has 0 spiro atoms. The van der Waals surface area contributed by atoms with Gasteiger partial charge in [-0.3, -0.25) is 4.79 Å². The van der Waals surface area contributed by atoms with Crippen LogP contribution in [0.25, 0.3) is 0 Å². The predicted molar refractivity (Wildman–Crippen MR) is 69.0 cm³/mol. The first-order valence-electron chi connectivity index (χ1n) is 6.73. The van der Waals surface area contributed by atoms with Gasteiger partial charge in [0.1, 0.15) is 6.04 Å². The minimum absolute atomic E-state index is 0.0985. The van der Waals surface area contributed by atoms with Gasteiger partial charge in [0.25, 0.3) is 0 Å².